The highest BCUT2D eigenvalue weighted by atomic mass is 35.5. The molecule has 5 heteroatoms. The van der Waals surface area contributed by atoms with Crippen molar-refractivity contribution in [1.82, 2.24) is 9.80 Å². The lowest BCUT2D eigenvalue weighted by atomic mass is 9.85. The molecular formula is C23H25ClN2O2. The molecule has 1 spiro atoms. The Hall–Kier alpha value is -2.04. The van der Waals surface area contributed by atoms with Crippen molar-refractivity contribution < 1.29 is 9.53 Å². The van der Waals surface area contributed by atoms with Gasteiger partial charge in [0.05, 0.1) is 7.11 Å². The molecule has 3 heterocycles. The first-order valence-electron chi connectivity index (χ1n) is 10.1. The molecule has 0 radical (unpaired) electrons. The van der Waals surface area contributed by atoms with Crippen LogP contribution in [0.2, 0.25) is 5.02 Å². The molecular weight excluding hydrogens is 372 g/mol. The topological polar surface area (TPSA) is 32.8 Å². The van der Waals surface area contributed by atoms with Crippen LogP contribution in [0, 0.1) is 5.92 Å². The van der Waals surface area contributed by atoms with Crippen LogP contribution < -0.4 is 4.74 Å². The number of ether oxygens (including phenoxy) is 1. The minimum absolute atomic E-state index is 0.265. The molecule has 3 saturated heterocycles. The third kappa shape index (κ3) is 2.58. The number of hydrogen-bond donors (Lipinski definition) is 0. The van der Waals surface area contributed by atoms with E-state index in [2.05, 4.69) is 23.1 Å². The van der Waals surface area contributed by atoms with E-state index in [1.54, 1.807) is 7.11 Å². The molecule has 146 valence electrons. The van der Waals surface area contributed by atoms with Gasteiger partial charge in [0.25, 0.3) is 0 Å². The Morgan fingerprint density at radius 2 is 2.07 bits per heavy atom. The first-order valence-corrected chi connectivity index (χ1v) is 10.4. The maximum absolute atomic E-state index is 13.6. The Morgan fingerprint density at radius 1 is 1.21 bits per heavy atom. The number of hydrogen-bond acceptors (Lipinski definition) is 3. The molecule has 0 aliphatic carbocycles. The highest BCUT2D eigenvalue weighted by Crippen LogP contribution is 2.57. The van der Waals surface area contributed by atoms with Gasteiger partial charge < -0.3 is 9.64 Å². The largest absolute Gasteiger partial charge is 0.496 e. The zero-order valence-electron chi connectivity index (χ0n) is 16.1. The van der Waals surface area contributed by atoms with Crippen LogP contribution in [0.5, 0.6) is 5.75 Å². The fourth-order valence-corrected chi connectivity index (χ4v) is 6.02. The van der Waals surface area contributed by atoms with Gasteiger partial charge in [-0.25, -0.2) is 0 Å². The van der Waals surface area contributed by atoms with Crippen LogP contribution in [0.4, 0.5) is 0 Å². The second kappa shape index (κ2) is 6.78. The predicted molar refractivity (Wildman–Crippen MR) is 109 cm³/mol. The van der Waals surface area contributed by atoms with Gasteiger partial charge >= 0.3 is 0 Å². The quantitative estimate of drug-likeness (QED) is 0.773. The minimum Gasteiger partial charge on any atom is -0.496 e. The van der Waals surface area contributed by atoms with E-state index in [1.807, 2.05) is 35.2 Å². The van der Waals surface area contributed by atoms with Crippen molar-refractivity contribution in [3.8, 4) is 5.75 Å². The summed E-state index contributed by atoms with van der Waals surface area (Å²) < 4.78 is 5.63. The van der Waals surface area contributed by atoms with Crippen LogP contribution in [-0.2, 0) is 11.3 Å². The van der Waals surface area contributed by atoms with Crippen molar-refractivity contribution in [3.05, 3.63) is 64.7 Å². The van der Waals surface area contributed by atoms with Gasteiger partial charge in [0, 0.05) is 35.6 Å². The summed E-state index contributed by atoms with van der Waals surface area (Å²) in [6.45, 7) is 2.45. The van der Waals surface area contributed by atoms with E-state index in [-0.39, 0.29) is 11.6 Å². The third-order valence-electron chi connectivity index (χ3n) is 6.89. The molecule has 3 atom stereocenters. The second-order valence-electron chi connectivity index (χ2n) is 8.23. The van der Waals surface area contributed by atoms with E-state index in [0.717, 1.165) is 48.7 Å². The van der Waals surface area contributed by atoms with Crippen LogP contribution in [0.3, 0.4) is 0 Å². The average molecular weight is 397 g/mol. The Balaban J connectivity index is 1.44. The SMILES string of the molecule is COc1ccccc1[C@@H]1C[C@H]2CN(Cc3cccc(Cl)c3)C(=O)[C@]23CCCN13. The summed E-state index contributed by atoms with van der Waals surface area (Å²) in [5, 5.41) is 0.723. The summed E-state index contributed by atoms with van der Waals surface area (Å²) in [4.78, 5) is 18.2. The molecule has 28 heavy (non-hydrogen) atoms. The zero-order valence-corrected chi connectivity index (χ0v) is 16.9. The van der Waals surface area contributed by atoms with E-state index in [4.69, 9.17) is 16.3 Å². The van der Waals surface area contributed by atoms with Gasteiger partial charge in [-0.2, -0.15) is 0 Å². The summed E-state index contributed by atoms with van der Waals surface area (Å²) in [6.07, 6.45) is 3.06. The molecule has 3 aliphatic rings. The van der Waals surface area contributed by atoms with Crippen molar-refractivity contribution in [3.63, 3.8) is 0 Å². The standard InChI is InChI=1S/C23H25ClN2O2/c1-28-21-9-3-2-8-19(21)20-13-17-15-25(14-16-6-4-7-18(24)12-16)22(27)23(17)10-5-11-26(20)23/h2-4,6-9,12,17,20H,5,10-11,13-15H2,1H3/t17-,20-,23-/m0/s1. The normalized spacial score (nSPS) is 29.2. The van der Waals surface area contributed by atoms with E-state index < -0.39 is 0 Å². The van der Waals surface area contributed by atoms with E-state index in [0.29, 0.717) is 18.4 Å². The molecule has 4 nitrogen and oxygen atoms in total. The van der Waals surface area contributed by atoms with Gasteiger partial charge in [0.1, 0.15) is 11.3 Å². The molecule has 2 aromatic carbocycles. The number of likely N-dealkylation sites (tertiary alicyclic amines) is 1. The molecule has 2 aromatic rings. The molecule has 1 amide bonds. The third-order valence-corrected chi connectivity index (χ3v) is 7.12. The lowest BCUT2D eigenvalue weighted by Crippen LogP contribution is -2.49. The number of methoxy groups -OCH3 is 1. The number of amides is 1. The summed E-state index contributed by atoms with van der Waals surface area (Å²) in [5.74, 6) is 1.60. The molecule has 0 N–H and O–H groups in total. The number of rotatable bonds is 4. The van der Waals surface area contributed by atoms with Crippen molar-refractivity contribution in [1.29, 1.82) is 0 Å². The van der Waals surface area contributed by atoms with Crippen LogP contribution in [0.25, 0.3) is 0 Å². The molecule has 0 aromatic heterocycles. The highest BCUT2D eigenvalue weighted by molar-refractivity contribution is 6.30. The second-order valence-corrected chi connectivity index (χ2v) is 8.66. The van der Waals surface area contributed by atoms with Crippen molar-refractivity contribution in [2.24, 2.45) is 5.92 Å². The number of benzene rings is 2. The summed E-state index contributed by atoms with van der Waals surface area (Å²) in [5.41, 5.74) is 1.99. The minimum atomic E-state index is -0.329. The monoisotopic (exact) mass is 396 g/mol. The summed E-state index contributed by atoms with van der Waals surface area (Å²) >= 11 is 6.14. The number of nitrogens with zero attached hydrogens (tertiary/aromatic N) is 2. The van der Waals surface area contributed by atoms with E-state index in [1.165, 1.54) is 5.56 Å². The maximum Gasteiger partial charge on any atom is 0.243 e. The van der Waals surface area contributed by atoms with Crippen LogP contribution in [-0.4, -0.2) is 41.4 Å². The van der Waals surface area contributed by atoms with Crippen molar-refractivity contribution >= 4 is 17.5 Å². The summed E-state index contributed by atoms with van der Waals surface area (Å²) in [6, 6.07) is 16.4. The lowest BCUT2D eigenvalue weighted by molar-refractivity contribution is -0.137. The van der Waals surface area contributed by atoms with Gasteiger partial charge in [0.15, 0.2) is 0 Å². The van der Waals surface area contributed by atoms with Crippen LogP contribution in [0.1, 0.15) is 36.4 Å². The molecule has 5 rings (SSSR count). The van der Waals surface area contributed by atoms with Gasteiger partial charge in [-0.3, -0.25) is 9.69 Å². The number of carbonyl (C=O) groups excluding carboxylic acids is 1. The number of carbonyl (C=O) groups is 1. The van der Waals surface area contributed by atoms with Gasteiger partial charge in [-0.15, -0.1) is 0 Å². The fraction of sp³-hybridized carbons (Fsp3) is 0.435. The van der Waals surface area contributed by atoms with E-state index in [9.17, 15) is 4.79 Å². The van der Waals surface area contributed by atoms with E-state index >= 15 is 0 Å². The smallest absolute Gasteiger partial charge is 0.243 e. The number of halogens is 1. The Morgan fingerprint density at radius 3 is 2.89 bits per heavy atom. The van der Waals surface area contributed by atoms with Gasteiger partial charge in [-0.1, -0.05) is 41.9 Å². The molecule has 0 bridgehead atoms. The predicted octanol–water partition coefficient (Wildman–Crippen LogP) is 4.29. The average Bonchev–Trinajstić information content (AvgIpc) is 3.33. The molecule has 0 saturated carbocycles. The Bertz CT molecular complexity index is 917. The number of para-hydroxylation sites is 1. The van der Waals surface area contributed by atoms with Gasteiger partial charge in [-0.05, 0) is 49.6 Å². The molecule has 3 fully saturated rings. The first-order chi connectivity index (χ1) is 13.6. The van der Waals surface area contributed by atoms with Crippen molar-refractivity contribution in [2.45, 2.75) is 37.4 Å². The molecule has 0 unspecified atom stereocenters. The summed E-state index contributed by atoms with van der Waals surface area (Å²) in [7, 11) is 1.73. The van der Waals surface area contributed by atoms with Crippen LogP contribution >= 0.6 is 11.6 Å². The van der Waals surface area contributed by atoms with Crippen LogP contribution in [0.15, 0.2) is 48.5 Å². The van der Waals surface area contributed by atoms with Gasteiger partial charge in [0.2, 0.25) is 5.91 Å². The highest BCUT2D eigenvalue weighted by Gasteiger charge is 2.65. The Labute approximate surface area is 171 Å². The first kappa shape index (κ1) is 18.0. The van der Waals surface area contributed by atoms with Crippen molar-refractivity contribution in [2.75, 3.05) is 20.2 Å². The Kier molecular flexibility index (Phi) is 4.37. The zero-order chi connectivity index (χ0) is 19.3. The fourth-order valence-electron chi connectivity index (χ4n) is 5.81. The lowest BCUT2D eigenvalue weighted by Gasteiger charge is -2.34. The maximum atomic E-state index is 13.6. The molecule has 3 aliphatic heterocycles.